The van der Waals surface area contributed by atoms with Crippen molar-refractivity contribution in [1.82, 2.24) is 14.7 Å². The van der Waals surface area contributed by atoms with E-state index in [0.717, 1.165) is 18.0 Å². The van der Waals surface area contributed by atoms with Crippen molar-refractivity contribution >= 4 is 11.6 Å². The summed E-state index contributed by atoms with van der Waals surface area (Å²) in [6, 6.07) is 9.42. The SMILES string of the molecule is COc1ccc(OCCCC(=O)NCc2cn3cc(C(F)(F)F)ccc3n2)cc1. The Hall–Kier alpha value is -3.23. The van der Waals surface area contributed by atoms with E-state index in [2.05, 4.69) is 10.3 Å². The molecule has 2 heterocycles. The summed E-state index contributed by atoms with van der Waals surface area (Å²) in [4.78, 5) is 16.1. The topological polar surface area (TPSA) is 64.9 Å². The maximum Gasteiger partial charge on any atom is 0.417 e. The second-order valence-electron chi connectivity index (χ2n) is 6.32. The van der Waals surface area contributed by atoms with Crippen LogP contribution in [0.4, 0.5) is 13.2 Å². The Morgan fingerprint density at radius 3 is 2.52 bits per heavy atom. The number of imidazole rings is 1. The molecule has 0 bridgehead atoms. The zero-order valence-electron chi connectivity index (χ0n) is 15.7. The van der Waals surface area contributed by atoms with Gasteiger partial charge in [0, 0.05) is 18.8 Å². The minimum absolute atomic E-state index is 0.140. The lowest BCUT2D eigenvalue weighted by molar-refractivity contribution is -0.137. The Kier molecular flexibility index (Phi) is 6.26. The van der Waals surface area contributed by atoms with E-state index in [-0.39, 0.29) is 18.9 Å². The zero-order valence-corrected chi connectivity index (χ0v) is 15.7. The van der Waals surface area contributed by atoms with Crippen molar-refractivity contribution < 1.29 is 27.4 Å². The summed E-state index contributed by atoms with van der Waals surface area (Å²) in [6.07, 6.45) is -1.18. The molecular formula is C20H20F3N3O3. The zero-order chi connectivity index (χ0) is 20.9. The number of methoxy groups -OCH3 is 1. The lowest BCUT2D eigenvalue weighted by Gasteiger charge is -2.07. The number of carbonyl (C=O) groups excluding carboxylic acids is 1. The number of carbonyl (C=O) groups is 1. The van der Waals surface area contributed by atoms with Gasteiger partial charge < -0.3 is 19.2 Å². The molecule has 0 radical (unpaired) electrons. The lowest BCUT2D eigenvalue weighted by atomic mass is 10.3. The van der Waals surface area contributed by atoms with Gasteiger partial charge in [-0.1, -0.05) is 0 Å². The number of halogens is 3. The van der Waals surface area contributed by atoms with Crippen LogP contribution in [-0.2, 0) is 17.5 Å². The standard InChI is InChI=1S/C20H20F3N3O3/c1-28-16-5-7-17(8-6-16)29-10-2-3-19(27)24-11-15-13-26-12-14(20(21,22)23)4-9-18(26)25-15/h4-9,12-13H,2-3,10-11H2,1H3,(H,24,27). The summed E-state index contributed by atoms with van der Waals surface area (Å²) in [6.45, 7) is 0.523. The largest absolute Gasteiger partial charge is 0.497 e. The molecule has 0 aliphatic heterocycles. The van der Waals surface area contributed by atoms with E-state index < -0.39 is 11.7 Å². The highest BCUT2D eigenvalue weighted by atomic mass is 19.4. The van der Waals surface area contributed by atoms with Gasteiger partial charge in [0.2, 0.25) is 5.91 Å². The average Bonchev–Trinajstić information content (AvgIpc) is 3.11. The predicted molar refractivity (Wildman–Crippen MR) is 99.8 cm³/mol. The number of amides is 1. The number of aromatic nitrogens is 2. The van der Waals surface area contributed by atoms with Crippen molar-refractivity contribution in [2.75, 3.05) is 13.7 Å². The van der Waals surface area contributed by atoms with Crippen molar-refractivity contribution in [3.8, 4) is 11.5 Å². The number of hydrogen-bond donors (Lipinski definition) is 1. The molecule has 0 saturated carbocycles. The highest BCUT2D eigenvalue weighted by Crippen LogP contribution is 2.29. The molecule has 1 N–H and O–H groups in total. The fraction of sp³-hybridized carbons (Fsp3) is 0.300. The van der Waals surface area contributed by atoms with Crippen LogP contribution in [0, 0.1) is 0 Å². The van der Waals surface area contributed by atoms with E-state index in [9.17, 15) is 18.0 Å². The van der Waals surface area contributed by atoms with E-state index in [0.29, 0.717) is 30.1 Å². The molecule has 0 aliphatic rings. The van der Waals surface area contributed by atoms with Crippen LogP contribution in [0.5, 0.6) is 11.5 Å². The average molecular weight is 407 g/mol. The van der Waals surface area contributed by atoms with E-state index >= 15 is 0 Å². The first-order valence-electron chi connectivity index (χ1n) is 8.93. The molecule has 0 spiro atoms. The normalized spacial score (nSPS) is 11.4. The maximum absolute atomic E-state index is 12.8. The van der Waals surface area contributed by atoms with Gasteiger partial charge in [0.25, 0.3) is 0 Å². The van der Waals surface area contributed by atoms with E-state index in [1.807, 2.05) is 0 Å². The van der Waals surface area contributed by atoms with Gasteiger partial charge >= 0.3 is 6.18 Å². The van der Waals surface area contributed by atoms with Gasteiger partial charge in [-0.3, -0.25) is 4.79 Å². The molecule has 6 nitrogen and oxygen atoms in total. The van der Waals surface area contributed by atoms with Crippen molar-refractivity contribution in [2.24, 2.45) is 0 Å². The Labute approximate surface area is 165 Å². The van der Waals surface area contributed by atoms with Crippen LogP contribution in [0.15, 0.2) is 48.8 Å². The van der Waals surface area contributed by atoms with Crippen LogP contribution < -0.4 is 14.8 Å². The molecule has 0 atom stereocenters. The number of ether oxygens (including phenoxy) is 2. The van der Waals surface area contributed by atoms with Crippen molar-refractivity contribution in [2.45, 2.75) is 25.6 Å². The fourth-order valence-electron chi connectivity index (χ4n) is 2.67. The molecule has 0 saturated heterocycles. The number of alkyl halides is 3. The molecule has 3 rings (SSSR count). The molecule has 9 heteroatoms. The molecule has 3 aromatic rings. The van der Waals surface area contributed by atoms with Crippen LogP contribution in [-0.4, -0.2) is 29.0 Å². The quantitative estimate of drug-likeness (QED) is 0.577. The molecule has 1 aromatic carbocycles. The number of nitrogens with one attached hydrogen (secondary N) is 1. The first-order chi connectivity index (χ1) is 13.8. The highest BCUT2D eigenvalue weighted by molar-refractivity contribution is 5.75. The summed E-state index contributed by atoms with van der Waals surface area (Å²) < 4.78 is 50.2. The molecule has 0 aliphatic carbocycles. The molecule has 2 aromatic heterocycles. The molecular weight excluding hydrogens is 387 g/mol. The maximum atomic E-state index is 12.8. The summed E-state index contributed by atoms with van der Waals surface area (Å²) in [5.74, 6) is 1.24. The van der Waals surface area contributed by atoms with Gasteiger partial charge in [-0.25, -0.2) is 4.98 Å². The molecule has 0 fully saturated rings. The third-order valence-corrected chi connectivity index (χ3v) is 4.17. The number of rotatable bonds is 8. The second kappa shape index (κ2) is 8.85. The summed E-state index contributed by atoms with van der Waals surface area (Å²) in [5, 5.41) is 2.71. The monoisotopic (exact) mass is 407 g/mol. The van der Waals surface area contributed by atoms with Gasteiger partial charge in [-0.15, -0.1) is 0 Å². The van der Waals surface area contributed by atoms with Crippen LogP contribution in [0.2, 0.25) is 0 Å². The van der Waals surface area contributed by atoms with Crippen molar-refractivity contribution in [3.05, 3.63) is 60.0 Å². The first kappa shape index (κ1) is 20.5. The van der Waals surface area contributed by atoms with Crippen LogP contribution in [0.1, 0.15) is 24.1 Å². The Morgan fingerprint density at radius 1 is 1.10 bits per heavy atom. The number of benzene rings is 1. The minimum atomic E-state index is -4.42. The highest BCUT2D eigenvalue weighted by Gasteiger charge is 2.30. The summed E-state index contributed by atoms with van der Waals surface area (Å²) in [5.41, 5.74) is 0.108. The lowest BCUT2D eigenvalue weighted by Crippen LogP contribution is -2.23. The van der Waals surface area contributed by atoms with Crippen molar-refractivity contribution in [3.63, 3.8) is 0 Å². The van der Waals surface area contributed by atoms with Crippen LogP contribution in [0.3, 0.4) is 0 Å². The predicted octanol–water partition coefficient (Wildman–Crippen LogP) is 3.84. The first-order valence-corrected chi connectivity index (χ1v) is 8.93. The number of pyridine rings is 1. The third-order valence-electron chi connectivity index (χ3n) is 4.17. The Bertz CT molecular complexity index is 969. The molecule has 29 heavy (non-hydrogen) atoms. The fourth-order valence-corrected chi connectivity index (χ4v) is 2.67. The molecule has 0 unspecified atom stereocenters. The number of nitrogens with zero attached hydrogens (tertiary/aromatic N) is 2. The van der Waals surface area contributed by atoms with Gasteiger partial charge in [-0.05, 0) is 42.8 Å². The van der Waals surface area contributed by atoms with Gasteiger partial charge in [-0.2, -0.15) is 13.2 Å². The van der Waals surface area contributed by atoms with E-state index in [1.54, 1.807) is 31.4 Å². The molecule has 154 valence electrons. The third kappa shape index (κ3) is 5.63. The minimum Gasteiger partial charge on any atom is -0.497 e. The summed E-state index contributed by atoms with van der Waals surface area (Å²) in [7, 11) is 1.58. The van der Waals surface area contributed by atoms with E-state index in [4.69, 9.17) is 9.47 Å². The number of fused-ring (bicyclic) bond motifs is 1. The van der Waals surface area contributed by atoms with Gasteiger partial charge in [0.05, 0.1) is 31.5 Å². The number of hydrogen-bond acceptors (Lipinski definition) is 4. The second-order valence-corrected chi connectivity index (χ2v) is 6.32. The van der Waals surface area contributed by atoms with Crippen molar-refractivity contribution in [1.29, 1.82) is 0 Å². The summed E-state index contributed by atoms with van der Waals surface area (Å²) >= 11 is 0. The molecule has 1 amide bonds. The Balaban J connectivity index is 1.43. The van der Waals surface area contributed by atoms with Gasteiger partial charge in [0.1, 0.15) is 17.1 Å². The van der Waals surface area contributed by atoms with Crippen LogP contribution >= 0.6 is 0 Å². The smallest absolute Gasteiger partial charge is 0.417 e. The van der Waals surface area contributed by atoms with Crippen LogP contribution in [0.25, 0.3) is 5.65 Å². The van der Waals surface area contributed by atoms with Gasteiger partial charge in [0.15, 0.2) is 0 Å². The Morgan fingerprint density at radius 2 is 1.83 bits per heavy atom. The van der Waals surface area contributed by atoms with E-state index in [1.165, 1.54) is 16.7 Å².